The number of aromatic nitrogens is 1. The summed E-state index contributed by atoms with van der Waals surface area (Å²) in [6.45, 7) is 12.0. The number of aryl methyl sites for hydroxylation is 1. The Morgan fingerprint density at radius 2 is 2.10 bits per heavy atom. The first-order valence-corrected chi connectivity index (χ1v) is 8.98. The third-order valence-electron chi connectivity index (χ3n) is 4.34. The van der Waals surface area contributed by atoms with Gasteiger partial charge in [0, 0.05) is 16.3 Å². The van der Waals surface area contributed by atoms with Gasteiger partial charge < -0.3 is 10.4 Å². The summed E-state index contributed by atoms with van der Waals surface area (Å²) in [5, 5.41) is 14.6. The van der Waals surface area contributed by atoms with Crippen LogP contribution < -0.4 is 5.32 Å². The average Bonchev–Trinajstić information content (AvgIpc) is 2.78. The molecule has 3 unspecified atom stereocenters. The second-order valence-corrected chi connectivity index (χ2v) is 8.57. The van der Waals surface area contributed by atoms with Crippen LogP contribution in [0.25, 0.3) is 0 Å². The monoisotopic (exact) mass is 310 g/mol. The van der Waals surface area contributed by atoms with E-state index in [0.29, 0.717) is 12.0 Å². The quantitative estimate of drug-likeness (QED) is 0.885. The zero-order chi connectivity index (χ0) is 15.6. The molecule has 0 aliphatic heterocycles. The molecule has 0 saturated heterocycles. The van der Waals surface area contributed by atoms with E-state index in [2.05, 4.69) is 39.9 Å². The van der Waals surface area contributed by atoms with Crippen LogP contribution in [0, 0.1) is 12.8 Å². The Bertz CT molecular complexity index is 464. The van der Waals surface area contributed by atoms with Gasteiger partial charge in [-0.3, -0.25) is 0 Å². The molecule has 0 amide bonds. The van der Waals surface area contributed by atoms with Crippen LogP contribution in [0.5, 0.6) is 0 Å². The van der Waals surface area contributed by atoms with Crippen molar-refractivity contribution in [2.75, 3.05) is 6.54 Å². The van der Waals surface area contributed by atoms with E-state index in [1.807, 2.05) is 11.3 Å². The van der Waals surface area contributed by atoms with Crippen LogP contribution in [-0.4, -0.2) is 22.7 Å². The summed E-state index contributed by atoms with van der Waals surface area (Å²) in [6, 6.07) is 0.345. The van der Waals surface area contributed by atoms with Gasteiger partial charge in [-0.05, 0) is 45.6 Å². The van der Waals surface area contributed by atoms with E-state index in [0.717, 1.165) is 31.5 Å². The predicted octanol–water partition coefficient (Wildman–Crippen LogP) is 3.95. The Morgan fingerprint density at radius 3 is 2.67 bits per heavy atom. The van der Waals surface area contributed by atoms with Crippen molar-refractivity contribution in [1.82, 2.24) is 10.3 Å². The van der Waals surface area contributed by atoms with E-state index in [9.17, 15) is 5.11 Å². The average molecular weight is 311 g/mol. The number of aliphatic hydroxyl groups excluding tert-OH is 1. The number of aliphatic hydroxyl groups is 1. The van der Waals surface area contributed by atoms with E-state index < -0.39 is 0 Å². The molecule has 3 atom stereocenters. The summed E-state index contributed by atoms with van der Waals surface area (Å²) in [7, 11) is 0. The molecule has 1 saturated carbocycles. The highest BCUT2D eigenvalue weighted by atomic mass is 32.1. The van der Waals surface area contributed by atoms with Crippen molar-refractivity contribution in [3.8, 4) is 0 Å². The lowest BCUT2D eigenvalue weighted by Crippen LogP contribution is -2.30. The summed E-state index contributed by atoms with van der Waals surface area (Å²) in [5.41, 5.74) is 1.29. The standard InChI is InChI=1S/C17H30N2OS/c1-11(18-10-13-7-6-8-14(20)9-13)15-12(2)19-16(21-15)17(3,4)5/h11,13-14,18,20H,6-10H2,1-5H3. The zero-order valence-corrected chi connectivity index (χ0v) is 14.9. The Morgan fingerprint density at radius 1 is 1.38 bits per heavy atom. The third-order valence-corrected chi connectivity index (χ3v) is 6.10. The van der Waals surface area contributed by atoms with E-state index in [4.69, 9.17) is 4.98 Å². The largest absolute Gasteiger partial charge is 0.393 e. The van der Waals surface area contributed by atoms with E-state index >= 15 is 0 Å². The number of nitrogens with one attached hydrogen (secondary N) is 1. The zero-order valence-electron chi connectivity index (χ0n) is 14.1. The molecule has 2 N–H and O–H groups in total. The van der Waals surface area contributed by atoms with Gasteiger partial charge in [0.05, 0.1) is 16.8 Å². The molecule has 0 radical (unpaired) electrons. The van der Waals surface area contributed by atoms with Gasteiger partial charge in [-0.1, -0.05) is 27.2 Å². The van der Waals surface area contributed by atoms with Crippen molar-refractivity contribution in [2.45, 2.75) is 77.9 Å². The highest BCUT2D eigenvalue weighted by molar-refractivity contribution is 7.12. The molecule has 2 rings (SSSR count). The first kappa shape index (κ1) is 16.9. The van der Waals surface area contributed by atoms with Gasteiger partial charge in [-0.15, -0.1) is 11.3 Å². The van der Waals surface area contributed by atoms with E-state index in [1.165, 1.54) is 16.3 Å². The SMILES string of the molecule is Cc1nc(C(C)(C)C)sc1C(C)NCC1CCCC(O)C1. The van der Waals surface area contributed by atoms with Gasteiger partial charge >= 0.3 is 0 Å². The number of hydrogen-bond donors (Lipinski definition) is 2. The van der Waals surface area contributed by atoms with Crippen LogP contribution in [-0.2, 0) is 5.41 Å². The Labute approximate surface area is 133 Å². The molecule has 3 nitrogen and oxygen atoms in total. The van der Waals surface area contributed by atoms with Crippen molar-refractivity contribution in [2.24, 2.45) is 5.92 Å². The molecule has 0 aromatic carbocycles. The number of nitrogens with zero attached hydrogens (tertiary/aromatic N) is 1. The van der Waals surface area contributed by atoms with Gasteiger partial charge in [-0.2, -0.15) is 0 Å². The second-order valence-electron chi connectivity index (χ2n) is 7.54. The molecule has 1 heterocycles. The molecule has 0 spiro atoms. The summed E-state index contributed by atoms with van der Waals surface area (Å²) < 4.78 is 0. The summed E-state index contributed by atoms with van der Waals surface area (Å²) in [5.74, 6) is 0.617. The van der Waals surface area contributed by atoms with Crippen molar-refractivity contribution < 1.29 is 5.11 Å². The Balaban J connectivity index is 1.94. The molecule has 1 fully saturated rings. The molecule has 1 aliphatic rings. The molecule has 1 aromatic heterocycles. The lowest BCUT2D eigenvalue weighted by molar-refractivity contribution is 0.0998. The first-order chi connectivity index (χ1) is 9.77. The number of hydrogen-bond acceptors (Lipinski definition) is 4. The van der Waals surface area contributed by atoms with E-state index in [-0.39, 0.29) is 11.5 Å². The topological polar surface area (TPSA) is 45.2 Å². The molecule has 1 aliphatic carbocycles. The lowest BCUT2D eigenvalue weighted by atomic mass is 9.87. The molecule has 21 heavy (non-hydrogen) atoms. The molecule has 120 valence electrons. The predicted molar refractivity (Wildman–Crippen MR) is 89.9 cm³/mol. The minimum atomic E-state index is -0.0847. The minimum Gasteiger partial charge on any atom is -0.393 e. The van der Waals surface area contributed by atoms with Gasteiger partial charge in [0.15, 0.2) is 0 Å². The van der Waals surface area contributed by atoms with Crippen LogP contribution in [0.3, 0.4) is 0 Å². The van der Waals surface area contributed by atoms with E-state index in [1.54, 1.807) is 0 Å². The van der Waals surface area contributed by atoms with Crippen molar-refractivity contribution >= 4 is 11.3 Å². The van der Waals surface area contributed by atoms with Crippen LogP contribution in [0.15, 0.2) is 0 Å². The molecular weight excluding hydrogens is 280 g/mol. The normalized spacial score (nSPS) is 25.0. The smallest absolute Gasteiger partial charge is 0.0985 e. The van der Waals surface area contributed by atoms with Crippen molar-refractivity contribution in [3.05, 3.63) is 15.6 Å². The second kappa shape index (κ2) is 6.76. The highest BCUT2D eigenvalue weighted by Crippen LogP contribution is 2.33. The fraction of sp³-hybridized carbons (Fsp3) is 0.824. The molecule has 0 bridgehead atoms. The Kier molecular flexibility index (Phi) is 5.44. The van der Waals surface area contributed by atoms with Crippen molar-refractivity contribution in [3.63, 3.8) is 0 Å². The molecule has 1 aromatic rings. The fourth-order valence-electron chi connectivity index (χ4n) is 3.01. The van der Waals surface area contributed by atoms with Crippen LogP contribution in [0.2, 0.25) is 0 Å². The maximum atomic E-state index is 9.76. The van der Waals surface area contributed by atoms with Gasteiger partial charge in [-0.25, -0.2) is 4.98 Å². The van der Waals surface area contributed by atoms with Crippen LogP contribution in [0.4, 0.5) is 0 Å². The first-order valence-electron chi connectivity index (χ1n) is 8.16. The number of rotatable bonds is 4. The molecular formula is C17H30N2OS. The highest BCUT2D eigenvalue weighted by Gasteiger charge is 2.24. The minimum absolute atomic E-state index is 0.0847. The maximum Gasteiger partial charge on any atom is 0.0985 e. The lowest BCUT2D eigenvalue weighted by Gasteiger charge is -2.27. The summed E-state index contributed by atoms with van der Waals surface area (Å²) in [6.07, 6.45) is 4.25. The van der Waals surface area contributed by atoms with Crippen LogP contribution in [0.1, 0.15) is 75.0 Å². The van der Waals surface area contributed by atoms with Gasteiger partial charge in [0.2, 0.25) is 0 Å². The maximum absolute atomic E-state index is 9.76. The Hall–Kier alpha value is -0.450. The van der Waals surface area contributed by atoms with Crippen molar-refractivity contribution in [1.29, 1.82) is 0 Å². The van der Waals surface area contributed by atoms with Gasteiger partial charge in [0.1, 0.15) is 0 Å². The summed E-state index contributed by atoms with van der Waals surface area (Å²) in [4.78, 5) is 6.11. The van der Waals surface area contributed by atoms with Crippen LogP contribution >= 0.6 is 11.3 Å². The fourth-order valence-corrected chi connectivity index (χ4v) is 4.17. The van der Waals surface area contributed by atoms with Gasteiger partial charge in [0.25, 0.3) is 0 Å². The number of thiazole rings is 1. The summed E-state index contributed by atoms with van der Waals surface area (Å²) >= 11 is 1.84. The third kappa shape index (κ3) is 4.51. The molecule has 4 heteroatoms.